The van der Waals surface area contributed by atoms with Gasteiger partial charge < -0.3 is 11.1 Å². The quantitative estimate of drug-likeness (QED) is 0.779. The number of anilines is 1. The number of carbonyl (C=O) groups is 1. The fraction of sp³-hybridized carbons (Fsp3) is 0.533. The van der Waals surface area contributed by atoms with E-state index in [2.05, 4.69) is 24.4 Å². The highest BCUT2D eigenvalue weighted by Gasteiger charge is 2.11. The van der Waals surface area contributed by atoms with E-state index in [1.165, 1.54) is 18.4 Å². The lowest BCUT2D eigenvalue weighted by Crippen LogP contribution is -2.35. The largest absolute Gasteiger partial charge is 0.325 e. The minimum Gasteiger partial charge on any atom is -0.325 e. The fourth-order valence-corrected chi connectivity index (χ4v) is 1.81. The molecule has 1 unspecified atom stereocenters. The van der Waals surface area contributed by atoms with Crippen molar-refractivity contribution in [1.82, 2.24) is 0 Å². The van der Waals surface area contributed by atoms with Crippen LogP contribution in [0.1, 0.15) is 45.1 Å². The predicted octanol–water partition coefficient (Wildman–Crippen LogP) is 3.10. The van der Waals surface area contributed by atoms with Gasteiger partial charge in [-0.25, -0.2) is 0 Å². The molecule has 0 aliphatic heterocycles. The topological polar surface area (TPSA) is 55.1 Å². The standard InChI is InChI=1S/C15H24N2O/c1-3-5-7-12-8-10-13(11-9-12)17-15(18)14(16)6-4-2/h8-11,14H,3-7,16H2,1-2H3,(H,17,18). The van der Waals surface area contributed by atoms with Gasteiger partial charge in [0.05, 0.1) is 6.04 Å². The van der Waals surface area contributed by atoms with Crippen molar-refractivity contribution in [3.05, 3.63) is 29.8 Å². The first-order valence-electron chi connectivity index (χ1n) is 6.82. The van der Waals surface area contributed by atoms with Gasteiger partial charge in [-0.1, -0.05) is 38.8 Å². The second kappa shape index (κ2) is 7.88. The SMILES string of the molecule is CCCCc1ccc(NC(=O)C(N)CCC)cc1. The van der Waals surface area contributed by atoms with Gasteiger partial charge in [0, 0.05) is 5.69 Å². The number of aryl methyl sites for hydroxylation is 1. The Morgan fingerprint density at radius 2 is 1.89 bits per heavy atom. The average molecular weight is 248 g/mol. The molecule has 1 aromatic rings. The van der Waals surface area contributed by atoms with Crippen molar-refractivity contribution in [3.8, 4) is 0 Å². The molecule has 3 nitrogen and oxygen atoms in total. The summed E-state index contributed by atoms with van der Waals surface area (Å²) in [5.74, 6) is -0.0989. The van der Waals surface area contributed by atoms with Crippen LogP contribution in [0.25, 0.3) is 0 Å². The summed E-state index contributed by atoms with van der Waals surface area (Å²) in [6, 6.07) is 7.62. The molecular weight excluding hydrogens is 224 g/mol. The summed E-state index contributed by atoms with van der Waals surface area (Å²) in [6.07, 6.45) is 5.14. The third-order valence-electron chi connectivity index (χ3n) is 2.98. The van der Waals surface area contributed by atoms with E-state index in [0.29, 0.717) is 0 Å². The zero-order chi connectivity index (χ0) is 13.4. The summed E-state index contributed by atoms with van der Waals surface area (Å²) in [5, 5.41) is 2.85. The Hall–Kier alpha value is -1.35. The summed E-state index contributed by atoms with van der Waals surface area (Å²) in [7, 11) is 0. The molecule has 0 saturated heterocycles. The molecule has 0 aromatic heterocycles. The highest BCUT2D eigenvalue weighted by atomic mass is 16.2. The summed E-state index contributed by atoms with van der Waals surface area (Å²) < 4.78 is 0. The maximum atomic E-state index is 11.7. The van der Waals surface area contributed by atoms with Crippen molar-refractivity contribution in [2.75, 3.05) is 5.32 Å². The first-order valence-corrected chi connectivity index (χ1v) is 6.82. The zero-order valence-corrected chi connectivity index (χ0v) is 11.4. The van der Waals surface area contributed by atoms with Crippen molar-refractivity contribution >= 4 is 11.6 Å². The third-order valence-corrected chi connectivity index (χ3v) is 2.98. The van der Waals surface area contributed by atoms with Crippen molar-refractivity contribution < 1.29 is 4.79 Å². The Bertz CT molecular complexity index is 359. The van der Waals surface area contributed by atoms with Gasteiger partial charge in [-0.2, -0.15) is 0 Å². The molecule has 0 aliphatic rings. The molecule has 100 valence electrons. The van der Waals surface area contributed by atoms with Crippen molar-refractivity contribution in [2.45, 2.75) is 52.0 Å². The normalized spacial score (nSPS) is 12.2. The Balaban J connectivity index is 2.50. The van der Waals surface area contributed by atoms with Gasteiger partial charge in [-0.15, -0.1) is 0 Å². The summed E-state index contributed by atoms with van der Waals surface area (Å²) >= 11 is 0. The van der Waals surface area contributed by atoms with E-state index in [1.807, 2.05) is 19.1 Å². The average Bonchev–Trinajstić information content (AvgIpc) is 2.38. The van der Waals surface area contributed by atoms with Gasteiger partial charge in [0.2, 0.25) is 5.91 Å². The second-order valence-electron chi connectivity index (χ2n) is 4.68. The van der Waals surface area contributed by atoms with E-state index in [9.17, 15) is 4.79 Å². The molecule has 3 heteroatoms. The van der Waals surface area contributed by atoms with Crippen LogP contribution >= 0.6 is 0 Å². The first-order chi connectivity index (χ1) is 8.67. The Morgan fingerprint density at radius 3 is 2.44 bits per heavy atom. The molecule has 1 aromatic carbocycles. The fourth-order valence-electron chi connectivity index (χ4n) is 1.81. The Morgan fingerprint density at radius 1 is 1.22 bits per heavy atom. The number of nitrogens with one attached hydrogen (secondary N) is 1. The lowest BCUT2D eigenvalue weighted by atomic mass is 10.1. The van der Waals surface area contributed by atoms with Gasteiger partial charge >= 0.3 is 0 Å². The second-order valence-corrected chi connectivity index (χ2v) is 4.68. The van der Waals surface area contributed by atoms with Gasteiger partial charge in [0.1, 0.15) is 0 Å². The van der Waals surface area contributed by atoms with Crippen LogP contribution in [-0.2, 0) is 11.2 Å². The maximum Gasteiger partial charge on any atom is 0.241 e. The highest BCUT2D eigenvalue weighted by Crippen LogP contribution is 2.12. The molecule has 18 heavy (non-hydrogen) atoms. The maximum absolute atomic E-state index is 11.7. The molecule has 0 radical (unpaired) electrons. The number of hydrogen-bond donors (Lipinski definition) is 2. The summed E-state index contributed by atoms with van der Waals surface area (Å²) in [6.45, 7) is 4.21. The van der Waals surface area contributed by atoms with Crippen LogP contribution in [0.3, 0.4) is 0 Å². The summed E-state index contributed by atoms with van der Waals surface area (Å²) in [5.41, 5.74) is 7.90. The van der Waals surface area contributed by atoms with Crippen molar-refractivity contribution in [2.24, 2.45) is 5.73 Å². The van der Waals surface area contributed by atoms with E-state index in [0.717, 1.165) is 24.9 Å². The van der Waals surface area contributed by atoms with Crippen LogP contribution in [0.5, 0.6) is 0 Å². The highest BCUT2D eigenvalue weighted by molar-refractivity contribution is 5.94. The van der Waals surface area contributed by atoms with Crippen molar-refractivity contribution in [1.29, 1.82) is 0 Å². The minimum atomic E-state index is -0.408. The number of nitrogens with two attached hydrogens (primary N) is 1. The van der Waals surface area contributed by atoms with E-state index in [1.54, 1.807) is 0 Å². The van der Waals surface area contributed by atoms with Crippen LogP contribution in [-0.4, -0.2) is 11.9 Å². The minimum absolute atomic E-state index is 0.0989. The Kier molecular flexibility index (Phi) is 6.44. The number of benzene rings is 1. The van der Waals surface area contributed by atoms with Gasteiger partial charge in [-0.05, 0) is 37.0 Å². The third kappa shape index (κ3) is 4.88. The van der Waals surface area contributed by atoms with E-state index in [4.69, 9.17) is 5.73 Å². The van der Waals surface area contributed by atoms with Crippen LogP contribution in [0, 0.1) is 0 Å². The number of unbranched alkanes of at least 4 members (excludes halogenated alkanes) is 1. The number of rotatable bonds is 7. The smallest absolute Gasteiger partial charge is 0.241 e. The molecule has 0 fully saturated rings. The molecule has 0 spiro atoms. The van der Waals surface area contributed by atoms with E-state index in [-0.39, 0.29) is 5.91 Å². The molecule has 0 saturated carbocycles. The summed E-state index contributed by atoms with van der Waals surface area (Å²) in [4.78, 5) is 11.7. The molecule has 1 amide bonds. The zero-order valence-electron chi connectivity index (χ0n) is 11.4. The molecule has 0 bridgehead atoms. The van der Waals surface area contributed by atoms with Gasteiger partial charge in [0.15, 0.2) is 0 Å². The van der Waals surface area contributed by atoms with Crippen LogP contribution < -0.4 is 11.1 Å². The predicted molar refractivity (Wildman–Crippen MR) is 76.6 cm³/mol. The number of hydrogen-bond acceptors (Lipinski definition) is 2. The molecule has 3 N–H and O–H groups in total. The van der Waals surface area contributed by atoms with Crippen molar-refractivity contribution in [3.63, 3.8) is 0 Å². The molecule has 1 rings (SSSR count). The van der Waals surface area contributed by atoms with Gasteiger partial charge in [-0.3, -0.25) is 4.79 Å². The first kappa shape index (κ1) is 14.7. The van der Waals surface area contributed by atoms with Gasteiger partial charge in [0.25, 0.3) is 0 Å². The molecule has 0 heterocycles. The molecular formula is C15H24N2O. The molecule has 1 atom stereocenters. The number of carbonyl (C=O) groups excluding carboxylic acids is 1. The van der Waals surface area contributed by atoms with Crippen LogP contribution in [0.2, 0.25) is 0 Å². The Labute approximate surface area is 110 Å². The van der Waals surface area contributed by atoms with E-state index >= 15 is 0 Å². The molecule has 0 aliphatic carbocycles. The van der Waals surface area contributed by atoms with Crippen LogP contribution in [0.15, 0.2) is 24.3 Å². The monoisotopic (exact) mass is 248 g/mol. The lowest BCUT2D eigenvalue weighted by Gasteiger charge is -2.11. The van der Waals surface area contributed by atoms with Crippen LogP contribution in [0.4, 0.5) is 5.69 Å². The number of amides is 1. The lowest BCUT2D eigenvalue weighted by molar-refractivity contribution is -0.117. The van der Waals surface area contributed by atoms with E-state index < -0.39 is 6.04 Å².